The minimum atomic E-state index is -0.363. The number of nitrogens with zero attached hydrogens (tertiary/aromatic N) is 2. The van der Waals surface area contributed by atoms with Gasteiger partial charge in [0.15, 0.2) is 0 Å². The Hall–Kier alpha value is -0.690. The summed E-state index contributed by atoms with van der Waals surface area (Å²) in [6.07, 6.45) is 2.39. The van der Waals surface area contributed by atoms with Crippen molar-refractivity contribution in [1.82, 2.24) is 15.1 Å². The van der Waals surface area contributed by atoms with E-state index in [-0.39, 0.29) is 18.1 Å². The number of aliphatic hydroxyl groups is 1. The molecule has 3 saturated heterocycles. The molecular weight excluding hydrogens is 270 g/mol. The highest BCUT2D eigenvalue weighted by Gasteiger charge is 2.33. The maximum absolute atomic E-state index is 12.4. The third-order valence-corrected chi connectivity index (χ3v) is 4.95. The van der Waals surface area contributed by atoms with E-state index in [1.807, 2.05) is 4.90 Å². The summed E-state index contributed by atoms with van der Waals surface area (Å²) in [5, 5.41) is 12.6. The number of nitrogens with one attached hydrogen (secondary N) is 1. The van der Waals surface area contributed by atoms with Gasteiger partial charge >= 0.3 is 0 Å². The molecule has 0 spiro atoms. The highest BCUT2D eigenvalue weighted by Crippen LogP contribution is 2.21. The van der Waals surface area contributed by atoms with E-state index in [1.54, 1.807) is 0 Å². The Kier molecular flexibility index (Phi) is 5.11. The number of morpholine rings is 1. The maximum atomic E-state index is 12.4. The highest BCUT2D eigenvalue weighted by atomic mass is 16.5. The fourth-order valence-electron chi connectivity index (χ4n) is 3.61. The summed E-state index contributed by atoms with van der Waals surface area (Å²) in [6.45, 7) is 7.21. The molecule has 3 aliphatic heterocycles. The second kappa shape index (κ2) is 7.05. The lowest BCUT2D eigenvalue weighted by molar-refractivity contribution is -0.134. The summed E-state index contributed by atoms with van der Waals surface area (Å²) in [7, 11) is 0. The Morgan fingerprint density at radius 1 is 1.19 bits per heavy atom. The molecule has 2 atom stereocenters. The molecule has 1 amide bonds. The van der Waals surface area contributed by atoms with Crippen molar-refractivity contribution < 1.29 is 14.6 Å². The van der Waals surface area contributed by atoms with Crippen molar-refractivity contribution in [3.63, 3.8) is 0 Å². The van der Waals surface area contributed by atoms with Crippen LogP contribution >= 0.6 is 0 Å². The van der Waals surface area contributed by atoms with Crippen molar-refractivity contribution in [2.24, 2.45) is 5.92 Å². The normalized spacial score (nSPS) is 32.5. The van der Waals surface area contributed by atoms with Crippen molar-refractivity contribution in [3.05, 3.63) is 0 Å². The molecule has 3 fully saturated rings. The minimum absolute atomic E-state index is 0.171. The molecule has 6 heteroatoms. The number of hydrogen-bond acceptors (Lipinski definition) is 5. The zero-order valence-electron chi connectivity index (χ0n) is 12.7. The lowest BCUT2D eigenvalue weighted by atomic mass is 9.95. The number of hydrogen-bond donors (Lipinski definition) is 2. The van der Waals surface area contributed by atoms with Gasteiger partial charge in [-0.15, -0.1) is 0 Å². The molecule has 0 saturated carbocycles. The summed E-state index contributed by atoms with van der Waals surface area (Å²) >= 11 is 0. The van der Waals surface area contributed by atoms with Crippen LogP contribution in [0.4, 0.5) is 0 Å². The molecule has 3 rings (SSSR count). The summed E-state index contributed by atoms with van der Waals surface area (Å²) < 4.78 is 5.38. The van der Waals surface area contributed by atoms with Crippen molar-refractivity contribution in [2.45, 2.75) is 31.4 Å². The van der Waals surface area contributed by atoms with Crippen LogP contribution in [0.25, 0.3) is 0 Å². The Morgan fingerprint density at radius 2 is 1.90 bits per heavy atom. The monoisotopic (exact) mass is 297 g/mol. The maximum Gasteiger partial charge on any atom is 0.239 e. The van der Waals surface area contributed by atoms with E-state index in [4.69, 9.17) is 4.74 Å². The number of piperidine rings is 1. The van der Waals surface area contributed by atoms with Crippen LogP contribution in [0.1, 0.15) is 19.3 Å². The van der Waals surface area contributed by atoms with Gasteiger partial charge in [0.25, 0.3) is 0 Å². The topological polar surface area (TPSA) is 65.0 Å². The summed E-state index contributed by atoms with van der Waals surface area (Å²) in [5.41, 5.74) is 0. The van der Waals surface area contributed by atoms with Crippen LogP contribution in [-0.4, -0.2) is 85.4 Å². The summed E-state index contributed by atoms with van der Waals surface area (Å²) in [5.74, 6) is 0.880. The van der Waals surface area contributed by atoms with Gasteiger partial charge in [0.1, 0.15) is 0 Å². The first-order valence-corrected chi connectivity index (χ1v) is 8.22. The fraction of sp³-hybridized carbons (Fsp3) is 0.933. The lowest BCUT2D eigenvalue weighted by Crippen LogP contribution is -2.48. The molecular formula is C15H27N3O3. The van der Waals surface area contributed by atoms with Gasteiger partial charge in [-0.05, 0) is 25.2 Å². The van der Waals surface area contributed by atoms with E-state index in [0.29, 0.717) is 18.9 Å². The molecule has 0 aromatic heterocycles. The van der Waals surface area contributed by atoms with E-state index < -0.39 is 0 Å². The SMILES string of the molecule is O=C(C1CC(O)CN1)N1CCC(CN2CCOCC2)CC1. The highest BCUT2D eigenvalue weighted by molar-refractivity contribution is 5.82. The molecule has 21 heavy (non-hydrogen) atoms. The number of carbonyl (C=O) groups is 1. The summed E-state index contributed by atoms with van der Waals surface area (Å²) in [4.78, 5) is 16.8. The van der Waals surface area contributed by atoms with Crippen molar-refractivity contribution in [2.75, 3.05) is 52.5 Å². The number of aliphatic hydroxyl groups excluding tert-OH is 1. The predicted octanol–water partition coefficient (Wildman–Crippen LogP) is -0.720. The Morgan fingerprint density at radius 3 is 2.52 bits per heavy atom. The van der Waals surface area contributed by atoms with Gasteiger partial charge in [0.2, 0.25) is 5.91 Å². The van der Waals surface area contributed by atoms with E-state index in [1.165, 1.54) is 0 Å². The summed E-state index contributed by atoms with van der Waals surface area (Å²) in [6, 6.07) is -0.171. The van der Waals surface area contributed by atoms with Crippen molar-refractivity contribution in [1.29, 1.82) is 0 Å². The standard InChI is InChI=1S/C15H27N3O3/c19-13-9-14(16-10-13)15(20)18-3-1-12(2-4-18)11-17-5-7-21-8-6-17/h12-14,16,19H,1-11H2. The number of ether oxygens (including phenoxy) is 1. The molecule has 0 bridgehead atoms. The van der Waals surface area contributed by atoms with E-state index >= 15 is 0 Å². The quantitative estimate of drug-likeness (QED) is 0.720. The smallest absolute Gasteiger partial charge is 0.239 e. The average molecular weight is 297 g/mol. The fourth-order valence-corrected chi connectivity index (χ4v) is 3.61. The van der Waals surface area contributed by atoms with Crippen LogP contribution in [-0.2, 0) is 9.53 Å². The van der Waals surface area contributed by atoms with Crippen LogP contribution < -0.4 is 5.32 Å². The van der Waals surface area contributed by atoms with Gasteiger partial charge in [-0.25, -0.2) is 0 Å². The first-order chi connectivity index (χ1) is 10.2. The number of carbonyl (C=O) groups excluding carboxylic acids is 1. The number of β-amino-alcohol motifs (C(OH)–C–C–N with tert-alkyl or cyclic N) is 1. The second-order valence-corrected chi connectivity index (χ2v) is 6.53. The average Bonchev–Trinajstić information content (AvgIpc) is 2.95. The Bertz CT molecular complexity index is 352. The molecule has 3 aliphatic rings. The zero-order chi connectivity index (χ0) is 14.7. The third kappa shape index (κ3) is 3.94. The molecule has 0 aromatic carbocycles. The molecule has 0 radical (unpaired) electrons. The number of amides is 1. The first kappa shape index (κ1) is 15.2. The van der Waals surface area contributed by atoms with E-state index in [9.17, 15) is 9.90 Å². The Balaban J connectivity index is 1.41. The predicted molar refractivity (Wildman–Crippen MR) is 79.0 cm³/mol. The van der Waals surface area contributed by atoms with Gasteiger partial charge < -0.3 is 20.1 Å². The van der Waals surface area contributed by atoms with Crippen LogP contribution in [0.15, 0.2) is 0 Å². The van der Waals surface area contributed by atoms with Crippen LogP contribution in [0.2, 0.25) is 0 Å². The number of likely N-dealkylation sites (tertiary alicyclic amines) is 1. The molecule has 2 N–H and O–H groups in total. The van der Waals surface area contributed by atoms with Crippen molar-refractivity contribution in [3.8, 4) is 0 Å². The van der Waals surface area contributed by atoms with Crippen molar-refractivity contribution >= 4 is 5.91 Å². The van der Waals surface area contributed by atoms with Gasteiger partial charge in [-0.1, -0.05) is 0 Å². The third-order valence-electron chi connectivity index (χ3n) is 4.95. The largest absolute Gasteiger partial charge is 0.392 e. The minimum Gasteiger partial charge on any atom is -0.392 e. The van der Waals surface area contributed by atoms with E-state index in [2.05, 4.69) is 10.2 Å². The molecule has 6 nitrogen and oxygen atoms in total. The van der Waals surface area contributed by atoms with Crippen LogP contribution in [0, 0.1) is 5.92 Å². The zero-order valence-corrected chi connectivity index (χ0v) is 12.7. The lowest BCUT2D eigenvalue weighted by Gasteiger charge is -2.36. The second-order valence-electron chi connectivity index (χ2n) is 6.53. The number of rotatable bonds is 3. The van der Waals surface area contributed by atoms with Gasteiger partial charge in [-0.2, -0.15) is 0 Å². The Labute approximate surface area is 126 Å². The molecule has 3 heterocycles. The first-order valence-electron chi connectivity index (χ1n) is 8.22. The molecule has 120 valence electrons. The molecule has 0 aromatic rings. The molecule has 0 aliphatic carbocycles. The van der Waals surface area contributed by atoms with Gasteiger partial charge in [-0.3, -0.25) is 9.69 Å². The van der Waals surface area contributed by atoms with Gasteiger partial charge in [0, 0.05) is 39.3 Å². The van der Waals surface area contributed by atoms with Crippen LogP contribution in [0.5, 0.6) is 0 Å². The molecule has 2 unspecified atom stereocenters. The van der Waals surface area contributed by atoms with E-state index in [0.717, 1.165) is 58.8 Å². The van der Waals surface area contributed by atoms with Crippen LogP contribution in [0.3, 0.4) is 0 Å². The van der Waals surface area contributed by atoms with Gasteiger partial charge in [0.05, 0.1) is 25.4 Å².